The smallest absolute Gasteiger partial charge is 0.260 e. The Morgan fingerprint density at radius 1 is 1.17 bits per heavy atom. The SMILES string of the molecule is Cc1ccc(S(=O)(=O)N2CCN=C2SCc2ccccc2Cl)cc1. The topological polar surface area (TPSA) is 49.7 Å². The molecule has 0 N–H and O–H groups in total. The van der Waals surface area contributed by atoms with E-state index >= 15 is 0 Å². The number of amidine groups is 1. The summed E-state index contributed by atoms with van der Waals surface area (Å²) in [6, 6.07) is 14.4. The quantitative estimate of drug-likeness (QED) is 0.807. The molecule has 0 aromatic heterocycles. The van der Waals surface area contributed by atoms with Crippen LogP contribution in [0.1, 0.15) is 11.1 Å². The first-order valence-electron chi connectivity index (χ1n) is 7.48. The zero-order valence-corrected chi connectivity index (χ0v) is 15.5. The van der Waals surface area contributed by atoms with Gasteiger partial charge in [0.25, 0.3) is 10.0 Å². The van der Waals surface area contributed by atoms with E-state index in [1.807, 2.05) is 31.2 Å². The van der Waals surface area contributed by atoms with Crippen LogP contribution >= 0.6 is 23.4 Å². The van der Waals surface area contributed by atoms with Crippen LogP contribution in [0.3, 0.4) is 0 Å². The maximum atomic E-state index is 12.8. The summed E-state index contributed by atoms with van der Waals surface area (Å²) in [5, 5.41) is 1.20. The first kappa shape index (κ1) is 17.3. The molecule has 0 radical (unpaired) electrons. The van der Waals surface area contributed by atoms with Gasteiger partial charge in [0.15, 0.2) is 5.17 Å². The fraction of sp³-hybridized carbons (Fsp3) is 0.235. The van der Waals surface area contributed by atoms with Crippen molar-refractivity contribution in [2.24, 2.45) is 4.99 Å². The number of rotatable bonds is 4. The number of aryl methyl sites for hydroxylation is 1. The van der Waals surface area contributed by atoms with Gasteiger partial charge in [0.2, 0.25) is 0 Å². The first-order chi connectivity index (χ1) is 11.5. The molecule has 24 heavy (non-hydrogen) atoms. The van der Waals surface area contributed by atoms with Crippen molar-refractivity contribution in [3.63, 3.8) is 0 Å². The van der Waals surface area contributed by atoms with Gasteiger partial charge in [0.05, 0.1) is 18.0 Å². The molecule has 0 fully saturated rings. The normalized spacial score (nSPS) is 14.8. The van der Waals surface area contributed by atoms with Gasteiger partial charge < -0.3 is 0 Å². The highest BCUT2D eigenvalue weighted by Gasteiger charge is 2.30. The Bertz CT molecular complexity index is 864. The van der Waals surface area contributed by atoms with E-state index in [9.17, 15) is 8.42 Å². The summed E-state index contributed by atoms with van der Waals surface area (Å²) < 4.78 is 27.1. The minimum Gasteiger partial charge on any atom is -0.260 e. The van der Waals surface area contributed by atoms with E-state index in [2.05, 4.69) is 4.99 Å². The van der Waals surface area contributed by atoms with Crippen LogP contribution in [0.25, 0.3) is 0 Å². The molecule has 0 atom stereocenters. The summed E-state index contributed by atoms with van der Waals surface area (Å²) in [6.45, 7) is 2.79. The molecule has 0 saturated carbocycles. The zero-order valence-electron chi connectivity index (χ0n) is 13.1. The average Bonchev–Trinajstić information content (AvgIpc) is 3.04. The van der Waals surface area contributed by atoms with Gasteiger partial charge in [-0.2, -0.15) is 0 Å². The average molecular weight is 381 g/mol. The van der Waals surface area contributed by atoms with Crippen LogP contribution in [0.15, 0.2) is 58.4 Å². The number of hydrogen-bond donors (Lipinski definition) is 0. The van der Waals surface area contributed by atoms with Crippen LogP contribution in [-0.4, -0.2) is 31.0 Å². The summed E-state index contributed by atoms with van der Waals surface area (Å²) in [6.07, 6.45) is 0. The van der Waals surface area contributed by atoms with Crippen LogP contribution < -0.4 is 0 Å². The second kappa shape index (κ2) is 7.17. The number of aliphatic imine (C=N–C) groups is 1. The number of halogens is 1. The second-order valence-corrected chi connectivity index (χ2v) is 8.65. The molecule has 7 heteroatoms. The minimum absolute atomic E-state index is 0.293. The van der Waals surface area contributed by atoms with Gasteiger partial charge in [0.1, 0.15) is 0 Å². The fourth-order valence-electron chi connectivity index (χ4n) is 2.35. The van der Waals surface area contributed by atoms with Gasteiger partial charge in [-0.05, 0) is 30.7 Å². The third-order valence-corrected chi connectivity index (χ3v) is 7.04. The Labute approximate surface area is 151 Å². The molecule has 2 aromatic rings. The molecule has 126 valence electrons. The Morgan fingerprint density at radius 2 is 1.88 bits per heavy atom. The number of hydrogen-bond acceptors (Lipinski definition) is 4. The molecule has 0 saturated heterocycles. The summed E-state index contributed by atoms with van der Waals surface area (Å²) in [5.74, 6) is 0.582. The molecule has 1 aliphatic rings. The highest BCUT2D eigenvalue weighted by molar-refractivity contribution is 8.14. The third-order valence-electron chi connectivity index (χ3n) is 3.69. The van der Waals surface area contributed by atoms with E-state index in [1.54, 1.807) is 24.3 Å². The molecule has 0 spiro atoms. The molecule has 4 nitrogen and oxygen atoms in total. The lowest BCUT2D eigenvalue weighted by Crippen LogP contribution is -2.32. The van der Waals surface area contributed by atoms with E-state index in [-0.39, 0.29) is 0 Å². The molecule has 1 heterocycles. The second-order valence-electron chi connectivity index (χ2n) is 5.43. The van der Waals surface area contributed by atoms with Crippen molar-refractivity contribution < 1.29 is 8.42 Å². The van der Waals surface area contributed by atoms with Crippen LogP contribution in [0, 0.1) is 6.92 Å². The Balaban J connectivity index is 1.78. The molecule has 0 amide bonds. The van der Waals surface area contributed by atoms with Crippen molar-refractivity contribution in [2.75, 3.05) is 13.1 Å². The number of sulfonamides is 1. The van der Waals surface area contributed by atoms with Gasteiger partial charge in [-0.3, -0.25) is 4.99 Å². The van der Waals surface area contributed by atoms with Crippen molar-refractivity contribution in [1.82, 2.24) is 4.31 Å². The molecule has 0 aliphatic carbocycles. The molecule has 1 aliphatic heterocycles. The lowest BCUT2D eigenvalue weighted by Gasteiger charge is -2.20. The molecular weight excluding hydrogens is 364 g/mol. The predicted octanol–water partition coefficient (Wildman–Crippen LogP) is 3.94. The van der Waals surface area contributed by atoms with Gasteiger partial charge in [-0.1, -0.05) is 59.3 Å². The van der Waals surface area contributed by atoms with E-state index in [0.29, 0.717) is 33.9 Å². The van der Waals surface area contributed by atoms with E-state index in [4.69, 9.17) is 11.6 Å². The molecule has 2 aromatic carbocycles. The van der Waals surface area contributed by atoms with Crippen molar-refractivity contribution >= 4 is 38.6 Å². The van der Waals surface area contributed by atoms with Crippen LogP contribution in [-0.2, 0) is 15.8 Å². The van der Waals surface area contributed by atoms with Gasteiger partial charge >= 0.3 is 0 Å². The van der Waals surface area contributed by atoms with Crippen LogP contribution in [0.5, 0.6) is 0 Å². The summed E-state index contributed by atoms with van der Waals surface area (Å²) >= 11 is 7.56. The predicted molar refractivity (Wildman–Crippen MR) is 100 cm³/mol. The number of nitrogens with zero attached hydrogens (tertiary/aromatic N) is 2. The Kier molecular flexibility index (Phi) is 5.18. The van der Waals surface area contributed by atoms with E-state index in [0.717, 1.165) is 11.1 Å². The van der Waals surface area contributed by atoms with Crippen LogP contribution in [0.2, 0.25) is 5.02 Å². The van der Waals surface area contributed by atoms with Crippen LogP contribution in [0.4, 0.5) is 0 Å². The lowest BCUT2D eigenvalue weighted by molar-refractivity contribution is 0.540. The largest absolute Gasteiger partial charge is 0.265 e. The highest BCUT2D eigenvalue weighted by Crippen LogP contribution is 2.27. The van der Waals surface area contributed by atoms with Crippen molar-refractivity contribution in [2.45, 2.75) is 17.6 Å². The fourth-order valence-corrected chi connectivity index (χ4v) is 5.36. The number of thioether (sulfide) groups is 1. The summed E-state index contributed by atoms with van der Waals surface area (Å²) in [7, 11) is -3.57. The minimum atomic E-state index is -3.57. The number of benzene rings is 2. The van der Waals surface area contributed by atoms with Crippen molar-refractivity contribution in [3.8, 4) is 0 Å². The summed E-state index contributed by atoms with van der Waals surface area (Å²) in [5.41, 5.74) is 1.99. The van der Waals surface area contributed by atoms with Gasteiger partial charge in [-0.15, -0.1) is 0 Å². The molecular formula is C17H17ClN2O2S2. The maximum Gasteiger partial charge on any atom is 0.265 e. The molecule has 0 unspecified atom stereocenters. The molecule has 0 bridgehead atoms. The van der Waals surface area contributed by atoms with E-state index in [1.165, 1.54) is 16.1 Å². The van der Waals surface area contributed by atoms with Gasteiger partial charge in [-0.25, -0.2) is 12.7 Å². The van der Waals surface area contributed by atoms with Gasteiger partial charge in [0, 0.05) is 10.8 Å². The maximum absolute atomic E-state index is 12.8. The van der Waals surface area contributed by atoms with Crippen molar-refractivity contribution in [3.05, 3.63) is 64.7 Å². The highest BCUT2D eigenvalue weighted by atomic mass is 35.5. The third kappa shape index (κ3) is 3.61. The van der Waals surface area contributed by atoms with Crippen molar-refractivity contribution in [1.29, 1.82) is 0 Å². The Morgan fingerprint density at radius 3 is 2.58 bits per heavy atom. The first-order valence-corrected chi connectivity index (χ1v) is 10.3. The zero-order chi connectivity index (χ0) is 17.2. The van der Waals surface area contributed by atoms with E-state index < -0.39 is 10.0 Å². The summed E-state index contributed by atoms with van der Waals surface area (Å²) in [4.78, 5) is 4.65. The monoisotopic (exact) mass is 380 g/mol. The Hall–Kier alpha value is -1.50. The molecule has 3 rings (SSSR count). The standard InChI is InChI=1S/C17H17ClN2O2S2/c1-13-6-8-15(9-7-13)24(21,22)20-11-10-19-17(20)23-12-14-4-2-3-5-16(14)18/h2-9H,10-12H2,1H3. The lowest BCUT2D eigenvalue weighted by atomic mass is 10.2.